The van der Waals surface area contributed by atoms with Gasteiger partial charge in [0.25, 0.3) is 0 Å². The molecular weight excluding hydrogens is 328 g/mol. The van der Waals surface area contributed by atoms with Crippen molar-refractivity contribution in [1.82, 2.24) is 4.72 Å². The standard InChI is InChI=1S/C13H21BrN2O2S/c1-5-8(2)10(4)16-19(17,18)13-7-12(15)11(14)6-9(13)3/h6-8,10,16H,5,15H2,1-4H3. The van der Waals surface area contributed by atoms with Crippen LogP contribution in [0.3, 0.4) is 0 Å². The number of hydrogen-bond donors (Lipinski definition) is 2. The van der Waals surface area contributed by atoms with Crippen LogP contribution in [0.25, 0.3) is 0 Å². The first kappa shape index (κ1) is 16.5. The lowest BCUT2D eigenvalue weighted by atomic mass is 10.0. The molecule has 1 aromatic carbocycles. The lowest BCUT2D eigenvalue weighted by molar-refractivity contribution is 0.434. The third kappa shape index (κ3) is 3.94. The van der Waals surface area contributed by atoms with Crippen molar-refractivity contribution in [2.45, 2.75) is 45.1 Å². The van der Waals surface area contributed by atoms with Crippen LogP contribution in [0.4, 0.5) is 5.69 Å². The zero-order chi connectivity index (χ0) is 14.8. The molecule has 2 atom stereocenters. The fourth-order valence-corrected chi connectivity index (χ4v) is 3.81. The van der Waals surface area contributed by atoms with E-state index in [1.54, 1.807) is 13.0 Å². The Kier molecular flexibility index (Phi) is 5.41. The highest BCUT2D eigenvalue weighted by atomic mass is 79.9. The fourth-order valence-electron chi connectivity index (χ4n) is 1.74. The summed E-state index contributed by atoms with van der Waals surface area (Å²) in [7, 11) is -3.54. The van der Waals surface area contributed by atoms with Crippen molar-refractivity contribution >= 4 is 31.6 Å². The molecule has 0 aliphatic carbocycles. The molecule has 3 N–H and O–H groups in total. The Morgan fingerprint density at radius 1 is 1.37 bits per heavy atom. The minimum atomic E-state index is -3.54. The van der Waals surface area contributed by atoms with Crippen LogP contribution in [0.5, 0.6) is 0 Å². The number of rotatable bonds is 5. The zero-order valence-electron chi connectivity index (χ0n) is 11.7. The molecule has 0 radical (unpaired) electrons. The predicted molar refractivity (Wildman–Crippen MR) is 82.5 cm³/mol. The number of sulfonamides is 1. The summed E-state index contributed by atoms with van der Waals surface area (Å²) in [6.45, 7) is 7.70. The van der Waals surface area contributed by atoms with E-state index in [2.05, 4.69) is 20.7 Å². The Morgan fingerprint density at radius 2 is 1.95 bits per heavy atom. The number of nitrogen functional groups attached to an aromatic ring is 1. The van der Waals surface area contributed by atoms with Crippen LogP contribution >= 0.6 is 15.9 Å². The van der Waals surface area contributed by atoms with E-state index in [9.17, 15) is 8.42 Å². The summed E-state index contributed by atoms with van der Waals surface area (Å²) in [5.41, 5.74) is 6.85. The second-order valence-electron chi connectivity index (χ2n) is 4.93. The van der Waals surface area contributed by atoms with Gasteiger partial charge in [-0.2, -0.15) is 0 Å². The van der Waals surface area contributed by atoms with Crippen LogP contribution in [0.1, 0.15) is 32.8 Å². The van der Waals surface area contributed by atoms with Crippen LogP contribution in [0.15, 0.2) is 21.5 Å². The van der Waals surface area contributed by atoms with Crippen LogP contribution in [0, 0.1) is 12.8 Å². The maximum absolute atomic E-state index is 12.4. The number of halogens is 1. The fraction of sp³-hybridized carbons (Fsp3) is 0.538. The molecule has 0 bridgehead atoms. The summed E-state index contributed by atoms with van der Waals surface area (Å²) in [6.07, 6.45) is 0.922. The third-order valence-electron chi connectivity index (χ3n) is 3.42. The van der Waals surface area contributed by atoms with Crippen LogP contribution in [-0.4, -0.2) is 14.5 Å². The van der Waals surface area contributed by atoms with Crippen molar-refractivity contribution in [3.8, 4) is 0 Å². The summed E-state index contributed by atoms with van der Waals surface area (Å²) in [5, 5.41) is 0. The molecule has 0 heterocycles. The largest absolute Gasteiger partial charge is 0.398 e. The molecule has 1 rings (SSSR count). The molecular formula is C13H21BrN2O2S. The molecule has 6 heteroatoms. The number of nitrogens with two attached hydrogens (primary N) is 1. The Morgan fingerprint density at radius 3 is 2.47 bits per heavy atom. The second-order valence-corrected chi connectivity index (χ2v) is 7.47. The lowest BCUT2D eigenvalue weighted by Gasteiger charge is -2.20. The van der Waals surface area contributed by atoms with Crippen LogP contribution in [0.2, 0.25) is 0 Å². The molecule has 0 aliphatic heterocycles. The normalized spacial score (nSPS) is 15.2. The van der Waals surface area contributed by atoms with Crippen LogP contribution in [-0.2, 0) is 10.0 Å². The smallest absolute Gasteiger partial charge is 0.241 e. The Bertz CT molecular complexity index is 558. The van der Waals surface area contributed by atoms with Gasteiger partial charge in [-0.1, -0.05) is 20.3 Å². The molecule has 0 aliphatic rings. The summed E-state index contributed by atoms with van der Waals surface area (Å²) in [4.78, 5) is 0.239. The van der Waals surface area contributed by atoms with E-state index in [1.165, 1.54) is 6.07 Å². The molecule has 0 amide bonds. The maximum atomic E-state index is 12.4. The summed E-state index contributed by atoms with van der Waals surface area (Å²) in [5.74, 6) is 0.280. The van der Waals surface area contributed by atoms with Gasteiger partial charge in [-0.15, -0.1) is 0 Å². The molecule has 108 valence electrons. The molecule has 0 aromatic heterocycles. The molecule has 0 saturated carbocycles. The number of benzene rings is 1. The van der Waals surface area contributed by atoms with Crippen LogP contribution < -0.4 is 10.5 Å². The van der Waals surface area contributed by atoms with Gasteiger partial charge in [0.2, 0.25) is 10.0 Å². The topological polar surface area (TPSA) is 72.2 Å². The quantitative estimate of drug-likeness (QED) is 0.803. The highest BCUT2D eigenvalue weighted by molar-refractivity contribution is 9.10. The van der Waals surface area contributed by atoms with E-state index in [-0.39, 0.29) is 16.9 Å². The first-order valence-corrected chi connectivity index (χ1v) is 8.54. The van der Waals surface area contributed by atoms with Crippen molar-refractivity contribution in [3.63, 3.8) is 0 Å². The number of hydrogen-bond acceptors (Lipinski definition) is 3. The summed E-state index contributed by atoms with van der Waals surface area (Å²) >= 11 is 3.29. The second kappa shape index (κ2) is 6.24. The van der Waals surface area contributed by atoms with Gasteiger partial charge >= 0.3 is 0 Å². The molecule has 2 unspecified atom stereocenters. The number of nitrogens with one attached hydrogen (secondary N) is 1. The Balaban J connectivity index is 3.11. The van der Waals surface area contributed by atoms with Crippen molar-refractivity contribution in [2.24, 2.45) is 5.92 Å². The molecule has 4 nitrogen and oxygen atoms in total. The van der Waals surface area contributed by atoms with E-state index >= 15 is 0 Å². The van der Waals surface area contributed by atoms with E-state index in [0.29, 0.717) is 15.7 Å². The molecule has 19 heavy (non-hydrogen) atoms. The lowest BCUT2D eigenvalue weighted by Crippen LogP contribution is -2.37. The average Bonchev–Trinajstić information content (AvgIpc) is 2.31. The van der Waals surface area contributed by atoms with E-state index in [1.807, 2.05) is 20.8 Å². The minimum Gasteiger partial charge on any atom is -0.398 e. The zero-order valence-corrected chi connectivity index (χ0v) is 14.1. The first-order valence-electron chi connectivity index (χ1n) is 6.27. The Labute approximate surface area is 124 Å². The van der Waals surface area contributed by atoms with Crippen molar-refractivity contribution in [1.29, 1.82) is 0 Å². The van der Waals surface area contributed by atoms with E-state index < -0.39 is 10.0 Å². The Hall–Kier alpha value is -0.590. The highest BCUT2D eigenvalue weighted by Gasteiger charge is 2.22. The number of anilines is 1. The molecule has 1 aromatic rings. The van der Waals surface area contributed by atoms with Gasteiger partial charge in [0.05, 0.1) is 4.90 Å². The van der Waals surface area contributed by atoms with Gasteiger partial charge in [-0.25, -0.2) is 13.1 Å². The van der Waals surface area contributed by atoms with Gasteiger partial charge in [0.15, 0.2) is 0 Å². The summed E-state index contributed by atoms with van der Waals surface area (Å²) < 4.78 is 28.2. The molecule has 0 fully saturated rings. The van der Waals surface area contributed by atoms with Crippen molar-refractivity contribution in [2.75, 3.05) is 5.73 Å². The van der Waals surface area contributed by atoms with Gasteiger partial charge in [0.1, 0.15) is 0 Å². The van der Waals surface area contributed by atoms with Crippen molar-refractivity contribution in [3.05, 3.63) is 22.2 Å². The average molecular weight is 349 g/mol. The van der Waals surface area contributed by atoms with Gasteiger partial charge in [-0.3, -0.25) is 0 Å². The molecule has 0 saturated heterocycles. The monoisotopic (exact) mass is 348 g/mol. The van der Waals surface area contributed by atoms with Crippen molar-refractivity contribution < 1.29 is 8.42 Å². The SMILES string of the molecule is CCC(C)C(C)NS(=O)(=O)c1cc(N)c(Br)cc1C. The third-order valence-corrected chi connectivity index (χ3v) is 5.81. The van der Waals surface area contributed by atoms with Gasteiger partial charge in [0, 0.05) is 16.2 Å². The van der Waals surface area contributed by atoms with Gasteiger partial charge in [-0.05, 0) is 53.4 Å². The van der Waals surface area contributed by atoms with E-state index in [4.69, 9.17) is 5.73 Å². The minimum absolute atomic E-state index is 0.112. The maximum Gasteiger partial charge on any atom is 0.241 e. The predicted octanol–water partition coefficient (Wildman–Crippen LogP) is 3.05. The molecule has 0 spiro atoms. The van der Waals surface area contributed by atoms with E-state index in [0.717, 1.165) is 6.42 Å². The number of aryl methyl sites for hydroxylation is 1. The highest BCUT2D eigenvalue weighted by Crippen LogP contribution is 2.27. The first-order chi connectivity index (χ1) is 8.69. The summed E-state index contributed by atoms with van der Waals surface area (Å²) in [6, 6.07) is 3.10. The van der Waals surface area contributed by atoms with Gasteiger partial charge < -0.3 is 5.73 Å².